The van der Waals surface area contributed by atoms with E-state index in [4.69, 9.17) is 16.3 Å². The second-order valence-electron chi connectivity index (χ2n) is 4.43. The predicted octanol–water partition coefficient (Wildman–Crippen LogP) is 3.74. The monoisotopic (exact) mass is 298 g/mol. The van der Waals surface area contributed by atoms with E-state index in [0.717, 1.165) is 5.56 Å². The quantitative estimate of drug-likeness (QED) is 0.534. The molecule has 4 nitrogen and oxygen atoms in total. The van der Waals surface area contributed by atoms with E-state index in [1.54, 1.807) is 18.2 Å². The summed E-state index contributed by atoms with van der Waals surface area (Å²) in [5.74, 6) is 0.114. The summed E-state index contributed by atoms with van der Waals surface area (Å²) in [6.07, 6.45) is 0. The summed E-state index contributed by atoms with van der Waals surface area (Å²) in [6, 6.07) is 14.6. The Hall–Kier alpha value is -2.46. The summed E-state index contributed by atoms with van der Waals surface area (Å²) < 4.78 is 4.71. The van der Waals surface area contributed by atoms with E-state index in [2.05, 4.69) is 9.97 Å². The first kappa shape index (κ1) is 13.5. The zero-order chi connectivity index (χ0) is 14.8. The summed E-state index contributed by atoms with van der Waals surface area (Å²) >= 11 is 6.21. The Morgan fingerprint density at radius 1 is 1.10 bits per heavy atom. The van der Waals surface area contributed by atoms with E-state index in [-0.39, 0.29) is 0 Å². The van der Waals surface area contributed by atoms with Gasteiger partial charge in [-0.3, -0.25) is 0 Å². The molecular weight excluding hydrogens is 288 g/mol. The highest BCUT2D eigenvalue weighted by atomic mass is 35.5. The van der Waals surface area contributed by atoms with Gasteiger partial charge in [0.2, 0.25) is 0 Å². The largest absolute Gasteiger partial charge is 0.465 e. The van der Waals surface area contributed by atoms with Crippen LogP contribution in [0.2, 0.25) is 5.15 Å². The normalized spacial score (nSPS) is 10.6. The second kappa shape index (κ2) is 5.50. The zero-order valence-electron chi connectivity index (χ0n) is 11.2. The summed E-state index contributed by atoms with van der Waals surface area (Å²) in [5, 5.41) is 1.05. The number of hydrogen-bond acceptors (Lipinski definition) is 4. The van der Waals surface area contributed by atoms with Crippen LogP contribution >= 0.6 is 11.6 Å². The van der Waals surface area contributed by atoms with Gasteiger partial charge in [0.05, 0.1) is 18.2 Å². The number of benzene rings is 2. The van der Waals surface area contributed by atoms with Crippen LogP contribution in [-0.4, -0.2) is 23.0 Å². The molecular formula is C16H11ClN2O2. The third kappa shape index (κ3) is 2.58. The number of carbonyl (C=O) groups is 1. The molecule has 0 fully saturated rings. The molecule has 3 rings (SSSR count). The van der Waals surface area contributed by atoms with E-state index in [1.807, 2.05) is 30.3 Å². The molecule has 0 bridgehead atoms. The van der Waals surface area contributed by atoms with Crippen LogP contribution in [0.3, 0.4) is 0 Å². The molecule has 0 unspecified atom stereocenters. The second-order valence-corrected chi connectivity index (χ2v) is 4.79. The number of esters is 1. The van der Waals surface area contributed by atoms with Crippen molar-refractivity contribution in [2.75, 3.05) is 7.11 Å². The molecule has 0 spiro atoms. The number of carbonyl (C=O) groups excluding carboxylic acids is 1. The summed E-state index contributed by atoms with van der Waals surface area (Å²) in [6.45, 7) is 0. The fourth-order valence-electron chi connectivity index (χ4n) is 2.05. The Balaban J connectivity index is 2.19. The van der Waals surface area contributed by atoms with Gasteiger partial charge in [-0.1, -0.05) is 41.9 Å². The minimum atomic E-state index is -0.409. The van der Waals surface area contributed by atoms with Crippen LogP contribution in [0.15, 0.2) is 48.5 Å². The number of ether oxygens (including phenoxy) is 1. The van der Waals surface area contributed by atoms with E-state index in [0.29, 0.717) is 27.4 Å². The Bertz CT molecular complexity index is 819. The molecule has 5 heteroatoms. The Morgan fingerprint density at radius 3 is 2.57 bits per heavy atom. The van der Waals surface area contributed by atoms with Crippen LogP contribution in [0.4, 0.5) is 0 Å². The molecule has 21 heavy (non-hydrogen) atoms. The molecule has 3 aromatic rings. The van der Waals surface area contributed by atoms with Crippen LogP contribution in [0.1, 0.15) is 10.4 Å². The number of aromatic nitrogens is 2. The van der Waals surface area contributed by atoms with E-state index >= 15 is 0 Å². The van der Waals surface area contributed by atoms with E-state index in [9.17, 15) is 4.79 Å². The maximum absolute atomic E-state index is 11.6. The minimum Gasteiger partial charge on any atom is -0.465 e. The lowest BCUT2D eigenvalue weighted by atomic mass is 10.1. The minimum absolute atomic E-state index is 0.357. The van der Waals surface area contributed by atoms with Gasteiger partial charge >= 0.3 is 5.97 Å². The van der Waals surface area contributed by atoms with Gasteiger partial charge in [-0.15, -0.1) is 0 Å². The number of hydrogen-bond donors (Lipinski definition) is 0. The molecule has 1 aromatic heterocycles. The Labute approximate surface area is 126 Å². The summed E-state index contributed by atoms with van der Waals surface area (Å²) in [5.41, 5.74) is 1.90. The smallest absolute Gasteiger partial charge is 0.337 e. The highest BCUT2D eigenvalue weighted by Gasteiger charge is 2.11. The van der Waals surface area contributed by atoms with Crippen molar-refractivity contribution in [3.63, 3.8) is 0 Å². The van der Waals surface area contributed by atoms with Crippen molar-refractivity contribution in [2.24, 2.45) is 0 Å². The topological polar surface area (TPSA) is 52.1 Å². The SMILES string of the molecule is COC(=O)c1ccc2c(Cl)nc(-c3ccccc3)nc2c1. The van der Waals surface area contributed by atoms with Crippen LogP contribution in [0, 0.1) is 0 Å². The van der Waals surface area contributed by atoms with Crippen LogP contribution in [-0.2, 0) is 4.74 Å². The average Bonchev–Trinajstić information content (AvgIpc) is 2.54. The fraction of sp³-hybridized carbons (Fsp3) is 0.0625. The molecule has 0 N–H and O–H groups in total. The van der Waals surface area contributed by atoms with E-state index in [1.165, 1.54) is 7.11 Å². The molecule has 0 amide bonds. The lowest BCUT2D eigenvalue weighted by Gasteiger charge is -2.06. The maximum atomic E-state index is 11.6. The Morgan fingerprint density at radius 2 is 1.86 bits per heavy atom. The van der Waals surface area contributed by atoms with Crippen molar-refractivity contribution < 1.29 is 9.53 Å². The highest BCUT2D eigenvalue weighted by Crippen LogP contribution is 2.25. The van der Waals surface area contributed by atoms with Crippen LogP contribution < -0.4 is 0 Å². The number of nitrogens with zero attached hydrogens (tertiary/aromatic N) is 2. The number of fused-ring (bicyclic) bond motifs is 1. The van der Waals surface area contributed by atoms with Crippen LogP contribution in [0.5, 0.6) is 0 Å². The molecule has 0 saturated carbocycles. The molecule has 0 atom stereocenters. The lowest BCUT2D eigenvalue weighted by molar-refractivity contribution is 0.0601. The average molecular weight is 299 g/mol. The molecule has 1 heterocycles. The van der Waals surface area contributed by atoms with Gasteiger partial charge in [0.15, 0.2) is 5.82 Å². The molecule has 0 aliphatic heterocycles. The van der Waals surface area contributed by atoms with Crippen molar-refractivity contribution in [3.05, 3.63) is 59.2 Å². The van der Waals surface area contributed by atoms with Crippen molar-refractivity contribution in [1.82, 2.24) is 9.97 Å². The molecule has 0 aliphatic rings. The fourth-order valence-corrected chi connectivity index (χ4v) is 2.29. The number of methoxy groups -OCH3 is 1. The summed E-state index contributed by atoms with van der Waals surface area (Å²) in [4.78, 5) is 20.4. The first-order chi connectivity index (χ1) is 10.2. The zero-order valence-corrected chi connectivity index (χ0v) is 12.0. The van der Waals surface area contributed by atoms with Crippen molar-refractivity contribution in [3.8, 4) is 11.4 Å². The molecule has 0 aliphatic carbocycles. The number of halogens is 1. The first-order valence-corrected chi connectivity index (χ1v) is 6.68. The summed E-state index contributed by atoms with van der Waals surface area (Å²) in [7, 11) is 1.34. The van der Waals surface area contributed by atoms with Crippen molar-refractivity contribution in [2.45, 2.75) is 0 Å². The Kier molecular flexibility index (Phi) is 3.54. The third-order valence-corrected chi connectivity index (χ3v) is 3.39. The van der Waals surface area contributed by atoms with E-state index < -0.39 is 5.97 Å². The third-order valence-electron chi connectivity index (χ3n) is 3.10. The highest BCUT2D eigenvalue weighted by molar-refractivity contribution is 6.34. The van der Waals surface area contributed by atoms with Gasteiger partial charge in [0.25, 0.3) is 0 Å². The van der Waals surface area contributed by atoms with Gasteiger partial charge in [-0.2, -0.15) is 0 Å². The molecule has 2 aromatic carbocycles. The predicted molar refractivity (Wildman–Crippen MR) is 81.3 cm³/mol. The lowest BCUT2D eigenvalue weighted by Crippen LogP contribution is -2.01. The maximum Gasteiger partial charge on any atom is 0.337 e. The van der Waals surface area contributed by atoms with Crippen molar-refractivity contribution in [1.29, 1.82) is 0 Å². The molecule has 0 saturated heterocycles. The molecule has 104 valence electrons. The van der Waals surface area contributed by atoms with Crippen molar-refractivity contribution >= 4 is 28.5 Å². The molecule has 0 radical (unpaired) electrons. The van der Waals surface area contributed by atoms with Crippen LogP contribution in [0.25, 0.3) is 22.3 Å². The van der Waals surface area contributed by atoms with Gasteiger partial charge in [0.1, 0.15) is 5.15 Å². The first-order valence-electron chi connectivity index (χ1n) is 6.30. The van der Waals surface area contributed by atoms with Gasteiger partial charge in [-0.05, 0) is 18.2 Å². The van der Waals surface area contributed by atoms with Gasteiger partial charge in [0, 0.05) is 10.9 Å². The van der Waals surface area contributed by atoms with Gasteiger partial charge in [-0.25, -0.2) is 14.8 Å². The standard InChI is InChI=1S/C16H11ClN2O2/c1-21-16(20)11-7-8-12-13(9-11)18-15(19-14(12)17)10-5-3-2-4-6-10/h2-9H,1H3. The number of rotatable bonds is 2. The van der Waals surface area contributed by atoms with Gasteiger partial charge < -0.3 is 4.74 Å².